The number of rotatable bonds is 4. The van der Waals surface area contributed by atoms with E-state index in [-0.39, 0.29) is 10.9 Å². The minimum atomic E-state index is -4.27. The van der Waals surface area contributed by atoms with E-state index in [9.17, 15) is 17.8 Å². The average molecular weight is 320 g/mol. The molecule has 0 spiro atoms. The van der Waals surface area contributed by atoms with Crippen molar-refractivity contribution in [3.63, 3.8) is 0 Å². The van der Waals surface area contributed by atoms with Crippen LogP contribution in [0.3, 0.4) is 0 Å². The minimum Gasteiger partial charge on any atom is -0.744 e. The second-order valence-electron chi connectivity index (χ2n) is 4.30. The summed E-state index contributed by atoms with van der Waals surface area (Å²) in [4.78, 5) is 10.0. The van der Waals surface area contributed by atoms with Crippen molar-refractivity contribution in [3.8, 4) is 0 Å². The van der Waals surface area contributed by atoms with Crippen LogP contribution in [0.2, 0.25) is 0 Å². The van der Waals surface area contributed by atoms with Crippen molar-refractivity contribution in [2.45, 2.75) is 18.7 Å². The highest BCUT2D eigenvalue weighted by atomic mass is 32.2. The van der Waals surface area contributed by atoms with E-state index in [4.69, 9.17) is 4.74 Å². The molecule has 7 heteroatoms. The van der Waals surface area contributed by atoms with Crippen LogP contribution in [0.15, 0.2) is 29.2 Å². The van der Waals surface area contributed by atoms with Crippen molar-refractivity contribution < 1.29 is 22.5 Å². The van der Waals surface area contributed by atoms with Gasteiger partial charge in [-0.15, -0.1) is 0 Å². The summed E-state index contributed by atoms with van der Waals surface area (Å²) in [5.41, 5.74) is 0.928. The van der Waals surface area contributed by atoms with Gasteiger partial charge in [0.05, 0.1) is 17.4 Å². The van der Waals surface area contributed by atoms with Gasteiger partial charge in [-0.3, -0.25) is 4.79 Å². The molecule has 0 amide bonds. The molecule has 0 N–H and O–H groups in total. The van der Waals surface area contributed by atoms with Gasteiger partial charge in [-0.25, -0.2) is 8.42 Å². The lowest BCUT2D eigenvalue weighted by Gasteiger charge is -2.05. The molecule has 0 bridgehead atoms. The Morgan fingerprint density at radius 1 is 1.25 bits per heavy atom. The lowest BCUT2D eigenvalue weighted by atomic mass is 10.2. The fourth-order valence-corrected chi connectivity index (χ4v) is 1.94. The van der Waals surface area contributed by atoms with Gasteiger partial charge in [0.2, 0.25) is 0 Å². The van der Waals surface area contributed by atoms with Gasteiger partial charge in [0.25, 0.3) is 0 Å². The molecule has 1 aromatic carbocycles. The molecule has 5 nitrogen and oxygen atoms in total. The second kappa shape index (κ2) is 8.99. The van der Waals surface area contributed by atoms with Crippen molar-refractivity contribution in [2.24, 2.45) is 0 Å². The van der Waals surface area contributed by atoms with Gasteiger partial charge in [-0.1, -0.05) is 17.7 Å². The van der Waals surface area contributed by atoms with Crippen LogP contribution in [-0.2, 0) is 30.5 Å². The Bertz CT molecular complexity index is 506. The summed E-state index contributed by atoms with van der Waals surface area (Å²) in [6.45, 7) is 3.83. The maximum Gasteiger partial charge on any atom is 0.302 e. The molecule has 0 aliphatic heterocycles. The summed E-state index contributed by atoms with van der Waals surface area (Å²) >= 11 is 0. The fourth-order valence-electron chi connectivity index (χ4n) is 1.06. The molecule has 0 aromatic heterocycles. The van der Waals surface area contributed by atoms with E-state index in [1.54, 1.807) is 12.1 Å². The summed E-state index contributed by atoms with van der Waals surface area (Å²) in [5, 5.41) is 0. The molecule has 0 unspecified atom stereocenters. The van der Waals surface area contributed by atoms with Gasteiger partial charge < -0.3 is 9.29 Å². The number of aryl methyl sites for hydroxylation is 1. The first-order valence-corrected chi connectivity index (χ1v) is 9.45. The topological polar surface area (TPSA) is 83.5 Å². The van der Waals surface area contributed by atoms with Gasteiger partial charge in [-0.2, -0.15) is 0 Å². The quantitative estimate of drug-likeness (QED) is 0.475. The Hall–Kier alpha value is -1.05. The molecule has 0 aliphatic rings. The smallest absolute Gasteiger partial charge is 0.302 e. The van der Waals surface area contributed by atoms with Crippen LogP contribution >= 0.6 is 0 Å². The molecule has 0 saturated heterocycles. The predicted molar refractivity (Wildman–Crippen MR) is 79.9 cm³/mol. The van der Waals surface area contributed by atoms with E-state index in [1.165, 1.54) is 19.1 Å². The zero-order chi connectivity index (χ0) is 15.8. The van der Waals surface area contributed by atoms with Crippen molar-refractivity contribution in [1.82, 2.24) is 0 Å². The largest absolute Gasteiger partial charge is 0.744 e. The van der Waals surface area contributed by atoms with E-state index < -0.39 is 10.1 Å². The summed E-state index contributed by atoms with van der Waals surface area (Å²) in [6, 6.07) is 5.78. The highest BCUT2D eigenvalue weighted by molar-refractivity contribution is 7.95. The van der Waals surface area contributed by atoms with Gasteiger partial charge >= 0.3 is 5.97 Å². The first-order chi connectivity index (χ1) is 9.12. The highest BCUT2D eigenvalue weighted by Crippen LogP contribution is 2.08. The van der Waals surface area contributed by atoms with Crippen molar-refractivity contribution in [3.05, 3.63) is 29.8 Å². The van der Waals surface area contributed by atoms with Crippen molar-refractivity contribution >= 4 is 27.0 Å². The fraction of sp³-hybridized carbons (Fsp3) is 0.462. The van der Waals surface area contributed by atoms with E-state index in [0.717, 1.165) is 11.3 Å². The molecule has 0 aliphatic carbocycles. The van der Waals surface area contributed by atoms with Crippen molar-refractivity contribution in [1.29, 1.82) is 0 Å². The lowest BCUT2D eigenvalue weighted by molar-refractivity contribution is -0.140. The van der Waals surface area contributed by atoms with Gasteiger partial charge in [-0.05, 0) is 30.0 Å². The third-order valence-corrected chi connectivity index (χ3v) is 3.94. The third kappa shape index (κ3) is 9.82. The van der Waals surface area contributed by atoms with Crippen LogP contribution in [0.25, 0.3) is 0 Å². The molecule has 114 valence electrons. The molecular formula is C13H20O5S2. The molecule has 0 radical (unpaired) electrons. The maximum absolute atomic E-state index is 10.4. The normalized spacial score (nSPS) is 10.7. The molecule has 0 atom stereocenters. The Kier molecular flexibility index (Phi) is 8.52. The van der Waals surface area contributed by atoms with E-state index >= 15 is 0 Å². The standard InChI is InChI=1S/C7H8O3S.C6H13O2S/c1-6-2-4-7(5-3-6)11(8,9)10;1-6(7)8-4-5-9(2)3/h2-5H,1H3,(H,8,9,10);4-5H2,1-3H3/q;+1/p-1. The Balaban J connectivity index is 0.000000370. The second-order valence-corrected chi connectivity index (χ2v) is 8.06. The highest BCUT2D eigenvalue weighted by Gasteiger charge is 2.02. The van der Waals surface area contributed by atoms with Gasteiger partial charge in [0.15, 0.2) is 0 Å². The van der Waals surface area contributed by atoms with Crippen LogP contribution in [0, 0.1) is 6.92 Å². The summed E-state index contributed by atoms with van der Waals surface area (Å²) in [6.07, 6.45) is 4.26. The molecule has 1 aromatic rings. The first-order valence-electron chi connectivity index (χ1n) is 5.83. The predicted octanol–water partition coefficient (Wildman–Crippen LogP) is 1.33. The molecule has 0 fully saturated rings. The monoisotopic (exact) mass is 320 g/mol. The van der Waals surface area contributed by atoms with Crippen LogP contribution < -0.4 is 0 Å². The maximum atomic E-state index is 10.4. The Morgan fingerprint density at radius 3 is 2.10 bits per heavy atom. The van der Waals surface area contributed by atoms with Crippen LogP contribution in [0.5, 0.6) is 0 Å². The van der Waals surface area contributed by atoms with E-state index in [2.05, 4.69) is 12.5 Å². The lowest BCUT2D eigenvalue weighted by Crippen LogP contribution is -2.11. The van der Waals surface area contributed by atoms with Gasteiger partial charge in [0.1, 0.15) is 22.5 Å². The van der Waals surface area contributed by atoms with E-state index in [0.29, 0.717) is 17.5 Å². The van der Waals surface area contributed by atoms with Crippen molar-refractivity contribution in [2.75, 3.05) is 24.9 Å². The third-order valence-electron chi connectivity index (χ3n) is 2.11. The zero-order valence-electron chi connectivity index (χ0n) is 12.1. The number of hydrogen-bond donors (Lipinski definition) is 0. The summed E-state index contributed by atoms with van der Waals surface area (Å²) < 4.78 is 35.9. The number of hydrogen-bond acceptors (Lipinski definition) is 5. The first kappa shape index (κ1) is 18.9. The molecule has 1 rings (SSSR count). The molecule has 0 heterocycles. The van der Waals surface area contributed by atoms with E-state index in [1.807, 2.05) is 6.92 Å². The number of esters is 1. The zero-order valence-corrected chi connectivity index (χ0v) is 13.7. The Labute approximate surface area is 123 Å². The van der Waals surface area contributed by atoms with Gasteiger partial charge in [0, 0.05) is 6.92 Å². The number of carbonyl (C=O) groups is 1. The van der Waals surface area contributed by atoms with Crippen LogP contribution in [0.1, 0.15) is 12.5 Å². The molecule has 20 heavy (non-hydrogen) atoms. The minimum absolute atomic E-state index is 0.178. The SMILES string of the molecule is CC(=O)OCC[S+](C)C.Cc1ccc(S(=O)(=O)[O-])cc1. The number of carbonyl (C=O) groups excluding carboxylic acids is 1. The number of ether oxygens (including phenoxy) is 1. The molecular weight excluding hydrogens is 300 g/mol. The average Bonchev–Trinajstić information content (AvgIpc) is 2.28. The van der Waals surface area contributed by atoms with Crippen LogP contribution in [0.4, 0.5) is 0 Å². The Morgan fingerprint density at radius 2 is 1.75 bits per heavy atom. The van der Waals surface area contributed by atoms with Crippen LogP contribution in [-0.4, -0.2) is 43.8 Å². The summed E-state index contributed by atoms with van der Waals surface area (Å²) in [5.74, 6) is 0.806. The summed E-state index contributed by atoms with van der Waals surface area (Å²) in [7, 11) is -3.88. The number of benzene rings is 1. The molecule has 0 saturated carbocycles.